The molecule has 176 valence electrons. The van der Waals surface area contributed by atoms with E-state index in [9.17, 15) is 9.59 Å². The summed E-state index contributed by atoms with van der Waals surface area (Å²) in [5, 5.41) is 11.5. The molecule has 1 saturated heterocycles. The van der Waals surface area contributed by atoms with Gasteiger partial charge in [0.15, 0.2) is 5.76 Å². The third kappa shape index (κ3) is 6.54. The Labute approximate surface area is 200 Å². The zero-order valence-corrected chi connectivity index (χ0v) is 19.2. The molecule has 4 rings (SSSR count). The van der Waals surface area contributed by atoms with Gasteiger partial charge in [-0.3, -0.25) is 14.8 Å². The van der Waals surface area contributed by atoms with E-state index in [4.69, 9.17) is 19.1 Å². The van der Waals surface area contributed by atoms with E-state index < -0.39 is 5.24 Å². The molecule has 2 aromatic carbocycles. The van der Waals surface area contributed by atoms with E-state index in [2.05, 4.69) is 17.2 Å². The topological polar surface area (TPSA) is 110 Å². The van der Waals surface area contributed by atoms with Crippen LogP contribution in [0, 0.1) is 17.8 Å². The Balaban J connectivity index is 1.28. The predicted octanol–water partition coefficient (Wildman–Crippen LogP) is 4.21. The van der Waals surface area contributed by atoms with Crippen LogP contribution < -0.4 is 15.5 Å². The highest BCUT2D eigenvalue weighted by molar-refractivity contribution is 8.13. The van der Waals surface area contributed by atoms with Gasteiger partial charge in [0.25, 0.3) is 5.91 Å². The van der Waals surface area contributed by atoms with Crippen molar-refractivity contribution in [2.75, 3.05) is 26.4 Å². The van der Waals surface area contributed by atoms with Crippen molar-refractivity contribution in [1.82, 2.24) is 10.8 Å². The Hall–Kier alpha value is -3.45. The van der Waals surface area contributed by atoms with Gasteiger partial charge in [-0.1, -0.05) is 11.8 Å². The zero-order valence-electron chi connectivity index (χ0n) is 18.3. The summed E-state index contributed by atoms with van der Waals surface area (Å²) < 4.78 is 17.0. The van der Waals surface area contributed by atoms with E-state index in [0.717, 1.165) is 54.5 Å². The molecule has 2 heterocycles. The molecular weight excluding hydrogens is 456 g/mol. The molecule has 0 radical (unpaired) electrons. The highest BCUT2D eigenvalue weighted by atomic mass is 32.2. The number of rotatable bonds is 6. The summed E-state index contributed by atoms with van der Waals surface area (Å²) in [6, 6.07) is 14.2. The monoisotopic (exact) mass is 480 g/mol. The Morgan fingerprint density at radius 2 is 1.91 bits per heavy atom. The molecule has 2 amide bonds. The molecule has 1 aliphatic rings. The largest absolute Gasteiger partial charge is 0.493 e. The van der Waals surface area contributed by atoms with E-state index in [1.54, 1.807) is 41.9 Å². The van der Waals surface area contributed by atoms with E-state index >= 15 is 0 Å². The number of fused-ring (bicyclic) bond motifs is 1. The second kappa shape index (κ2) is 11.6. The molecule has 1 fully saturated rings. The number of furan rings is 1. The number of hydrogen-bond donors (Lipinski definition) is 3. The van der Waals surface area contributed by atoms with Crippen LogP contribution in [0.3, 0.4) is 0 Å². The first-order chi connectivity index (χ1) is 16.6. The first-order valence-electron chi connectivity index (χ1n) is 10.8. The SMILES string of the molecule is O=C(NO)Sc1ccc(C#CCNC(=O)c2cc3cc(OCC4CCOCC4)ccc3o2)cc1. The molecule has 8 nitrogen and oxygen atoms in total. The second-order valence-electron chi connectivity index (χ2n) is 7.69. The van der Waals surface area contributed by atoms with Gasteiger partial charge in [0, 0.05) is 29.1 Å². The van der Waals surface area contributed by atoms with Crippen LogP contribution in [0.2, 0.25) is 0 Å². The minimum atomic E-state index is -0.564. The smallest absolute Gasteiger partial charge is 0.307 e. The van der Waals surface area contributed by atoms with Crippen LogP contribution in [0.15, 0.2) is 57.8 Å². The molecule has 34 heavy (non-hydrogen) atoms. The van der Waals surface area contributed by atoms with E-state index in [1.165, 1.54) is 0 Å². The predicted molar refractivity (Wildman–Crippen MR) is 127 cm³/mol. The van der Waals surface area contributed by atoms with Crippen molar-refractivity contribution in [2.45, 2.75) is 17.7 Å². The highest BCUT2D eigenvalue weighted by Crippen LogP contribution is 2.25. The summed E-state index contributed by atoms with van der Waals surface area (Å²) in [5.74, 6) is 6.94. The normalized spacial score (nSPS) is 13.7. The summed E-state index contributed by atoms with van der Waals surface area (Å²) in [5.41, 5.74) is 2.91. The van der Waals surface area contributed by atoms with Crippen LogP contribution in [0.1, 0.15) is 29.0 Å². The van der Waals surface area contributed by atoms with Gasteiger partial charge in [-0.15, -0.1) is 0 Å². The third-order valence-electron chi connectivity index (χ3n) is 5.26. The minimum absolute atomic E-state index is 0.152. The van der Waals surface area contributed by atoms with E-state index in [0.29, 0.717) is 23.0 Å². The lowest BCUT2D eigenvalue weighted by atomic mass is 10.0. The van der Waals surface area contributed by atoms with Crippen molar-refractivity contribution >= 4 is 33.9 Å². The first kappa shape index (κ1) is 23.7. The molecule has 0 unspecified atom stereocenters. The van der Waals surface area contributed by atoms with Crippen LogP contribution in [0.25, 0.3) is 11.0 Å². The van der Waals surface area contributed by atoms with Gasteiger partial charge in [-0.2, -0.15) is 0 Å². The molecule has 3 aromatic rings. The lowest BCUT2D eigenvalue weighted by Crippen LogP contribution is -2.22. The van der Waals surface area contributed by atoms with Crippen LogP contribution in [0.4, 0.5) is 4.79 Å². The van der Waals surface area contributed by atoms with Gasteiger partial charge >= 0.3 is 5.24 Å². The highest BCUT2D eigenvalue weighted by Gasteiger charge is 2.15. The molecule has 0 atom stereocenters. The van der Waals surface area contributed by atoms with Crippen LogP contribution >= 0.6 is 11.8 Å². The summed E-state index contributed by atoms with van der Waals surface area (Å²) in [4.78, 5) is 24.3. The van der Waals surface area contributed by atoms with Gasteiger partial charge in [0.05, 0.1) is 13.2 Å². The fraction of sp³-hybridized carbons (Fsp3) is 0.280. The lowest BCUT2D eigenvalue weighted by molar-refractivity contribution is 0.0498. The summed E-state index contributed by atoms with van der Waals surface area (Å²) in [6.07, 6.45) is 2.02. The minimum Gasteiger partial charge on any atom is -0.493 e. The number of nitrogens with one attached hydrogen (secondary N) is 2. The molecule has 0 aliphatic carbocycles. The van der Waals surface area contributed by atoms with Gasteiger partial charge in [0.1, 0.15) is 11.3 Å². The van der Waals surface area contributed by atoms with Crippen molar-refractivity contribution in [1.29, 1.82) is 0 Å². The van der Waals surface area contributed by atoms with Gasteiger partial charge in [-0.25, -0.2) is 5.48 Å². The Bertz CT molecular complexity index is 1210. The van der Waals surface area contributed by atoms with Crippen molar-refractivity contribution in [3.8, 4) is 17.6 Å². The number of amides is 2. The van der Waals surface area contributed by atoms with Gasteiger partial charge in [-0.05, 0) is 79.1 Å². The zero-order chi connectivity index (χ0) is 23.8. The Morgan fingerprint density at radius 1 is 1.12 bits per heavy atom. The van der Waals surface area contributed by atoms with Crippen LogP contribution in [-0.2, 0) is 4.74 Å². The van der Waals surface area contributed by atoms with Crippen molar-refractivity contribution in [2.24, 2.45) is 5.92 Å². The number of hydroxylamine groups is 1. The van der Waals surface area contributed by atoms with E-state index in [-0.39, 0.29) is 18.2 Å². The third-order valence-corrected chi connectivity index (χ3v) is 6.05. The average Bonchev–Trinajstić information content (AvgIpc) is 3.30. The molecular formula is C25H24N2O6S. The first-order valence-corrected chi connectivity index (χ1v) is 11.7. The Kier molecular flexibility index (Phi) is 8.09. The average molecular weight is 481 g/mol. The summed E-state index contributed by atoms with van der Waals surface area (Å²) in [6.45, 7) is 2.38. The maximum absolute atomic E-state index is 12.4. The van der Waals surface area contributed by atoms with Gasteiger partial charge in [0.2, 0.25) is 0 Å². The molecule has 0 bridgehead atoms. The molecule has 3 N–H and O–H groups in total. The molecule has 0 spiro atoms. The number of ether oxygens (including phenoxy) is 2. The standard InChI is InChI=1S/C25H24N2O6S/c28-24(26-11-1-2-17-3-6-21(7-4-17)34-25(29)27-30)23-15-19-14-20(5-8-22(19)33-23)32-16-18-9-12-31-13-10-18/h3-8,14-15,18,30H,9-13,16H2,(H,26,28)(H,27,29). The summed E-state index contributed by atoms with van der Waals surface area (Å²) >= 11 is 0.866. The van der Waals surface area contributed by atoms with Crippen molar-refractivity contribution in [3.63, 3.8) is 0 Å². The van der Waals surface area contributed by atoms with E-state index in [1.807, 2.05) is 12.1 Å². The number of carbonyl (C=O) groups is 2. The molecule has 1 aromatic heterocycles. The number of thioether (sulfide) groups is 1. The number of hydrogen-bond acceptors (Lipinski definition) is 7. The second-order valence-corrected chi connectivity index (χ2v) is 8.73. The number of benzene rings is 2. The lowest BCUT2D eigenvalue weighted by Gasteiger charge is -2.22. The van der Waals surface area contributed by atoms with Crippen molar-refractivity contribution < 1.29 is 28.7 Å². The van der Waals surface area contributed by atoms with Crippen LogP contribution in [0.5, 0.6) is 5.75 Å². The van der Waals surface area contributed by atoms with Crippen molar-refractivity contribution in [3.05, 3.63) is 59.9 Å². The molecule has 1 aliphatic heterocycles. The maximum Gasteiger partial charge on any atom is 0.307 e. The molecule has 9 heteroatoms. The van der Waals surface area contributed by atoms with Gasteiger partial charge < -0.3 is 19.2 Å². The quantitative estimate of drug-likeness (QED) is 0.210. The van der Waals surface area contributed by atoms with Crippen LogP contribution in [-0.4, -0.2) is 42.7 Å². The Morgan fingerprint density at radius 3 is 2.68 bits per heavy atom. The fourth-order valence-electron chi connectivity index (χ4n) is 3.44. The number of carbonyl (C=O) groups excluding carboxylic acids is 2. The fourth-order valence-corrected chi connectivity index (χ4v) is 3.98. The molecule has 0 saturated carbocycles. The maximum atomic E-state index is 12.4. The summed E-state index contributed by atoms with van der Waals surface area (Å²) in [7, 11) is 0.